The zero-order chi connectivity index (χ0) is 18.3. The standard InChI is InChI=1S/C18H12BrFN2O2S2/c19-17-7-8-18(25-17)26(23,24)22-14-4-1-11(2-5-14)16-10-12-9-13(20)3-6-15(12)21-16/h1-10,21-22H. The average Bonchev–Trinajstić information content (AvgIpc) is 3.21. The summed E-state index contributed by atoms with van der Waals surface area (Å²) in [4.78, 5) is 3.23. The van der Waals surface area contributed by atoms with Gasteiger partial charge < -0.3 is 4.98 Å². The van der Waals surface area contributed by atoms with Gasteiger partial charge in [0.25, 0.3) is 10.0 Å². The van der Waals surface area contributed by atoms with E-state index in [9.17, 15) is 12.8 Å². The summed E-state index contributed by atoms with van der Waals surface area (Å²) in [7, 11) is -3.61. The Morgan fingerprint density at radius 1 is 1.00 bits per heavy atom. The van der Waals surface area contributed by atoms with Crippen LogP contribution in [0.25, 0.3) is 22.2 Å². The molecule has 4 rings (SSSR count). The Hall–Kier alpha value is -2.16. The van der Waals surface area contributed by atoms with Crippen molar-refractivity contribution in [1.29, 1.82) is 0 Å². The molecular formula is C18H12BrFN2O2S2. The molecular weight excluding hydrogens is 439 g/mol. The van der Waals surface area contributed by atoms with Crippen LogP contribution in [0.5, 0.6) is 0 Å². The van der Waals surface area contributed by atoms with E-state index in [1.165, 1.54) is 12.1 Å². The Bertz CT molecular complexity index is 1200. The molecule has 0 unspecified atom stereocenters. The molecule has 4 aromatic rings. The second kappa shape index (κ2) is 6.53. The lowest BCUT2D eigenvalue weighted by Gasteiger charge is -2.07. The number of nitrogens with one attached hydrogen (secondary N) is 2. The number of benzene rings is 2. The lowest BCUT2D eigenvalue weighted by atomic mass is 10.1. The van der Waals surface area contributed by atoms with Gasteiger partial charge >= 0.3 is 0 Å². The third-order valence-corrected chi connectivity index (χ3v) is 7.34. The minimum absolute atomic E-state index is 0.242. The first kappa shape index (κ1) is 17.3. The molecule has 0 spiro atoms. The molecule has 0 radical (unpaired) electrons. The lowest BCUT2D eigenvalue weighted by Crippen LogP contribution is -2.11. The molecule has 2 heterocycles. The summed E-state index contributed by atoms with van der Waals surface area (Å²) >= 11 is 4.41. The van der Waals surface area contributed by atoms with Gasteiger partial charge in [-0.3, -0.25) is 4.72 Å². The molecule has 4 nitrogen and oxygen atoms in total. The normalized spacial score (nSPS) is 11.8. The van der Waals surface area contributed by atoms with Crippen LogP contribution < -0.4 is 4.72 Å². The lowest BCUT2D eigenvalue weighted by molar-refractivity contribution is 0.603. The first-order valence-electron chi connectivity index (χ1n) is 7.58. The number of rotatable bonds is 4. The molecule has 2 aromatic heterocycles. The minimum Gasteiger partial charge on any atom is -0.355 e. The van der Waals surface area contributed by atoms with Gasteiger partial charge in [0.05, 0.1) is 3.79 Å². The van der Waals surface area contributed by atoms with Gasteiger partial charge in [0.1, 0.15) is 10.0 Å². The molecule has 0 atom stereocenters. The van der Waals surface area contributed by atoms with E-state index < -0.39 is 10.0 Å². The highest BCUT2D eigenvalue weighted by atomic mass is 79.9. The fourth-order valence-corrected chi connectivity index (χ4v) is 5.69. The van der Waals surface area contributed by atoms with E-state index >= 15 is 0 Å². The molecule has 0 aliphatic carbocycles. The predicted octanol–water partition coefficient (Wildman–Crippen LogP) is 5.60. The fourth-order valence-electron chi connectivity index (χ4n) is 2.62. The van der Waals surface area contributed by atoms with Gasteiger partial charge in [-0.15, -0.1) is 11.3 Å². The maximum atomic E-state index is 13.3. The quantitative estimate of drug-likeness (QED) is 0.425. The van der Waals surface area contributed by atoms with Crippen molar-refractivity contribution in [1.82, 2.24) is 4.98 Å². The SMILES string of the molecule is O=S(=O)(Nc1ccc(-c2cc3cc(F)ccc3[nH]2)cc1)c1ccc(Br)s1. The highest BCUT2D eigenvalue weighted by Crippen LogP contribution is 2.29. The van der Waals surface area contributed by atoms with Crippen LogP contribution in [-0.4, -0.2) is 13.4 Å². The molecule has 0 aliphatic heterocycles. The van der Waals surface area contributed by atoms with Gasteiger partial charge in [-0.05, 0) is 70.0 Å². The van der Waals surface area contributed by atoms with Crippen molar-refractivity contribution in [2.24, 2.45) is 0 Å². The summed E-state index contributed by atoms with van der Waals surface area (Å²) in [5.74, 6) is -0.284. The summed E-state index contributed by atoms with van der Waals surface area (Å²) in [6.45, 7) is 0. The van der Waals surface area contributed by atoms with E-state index in [1.807, 2.05) is 18.2 Å². The number of halogens is 2. The van der Waals surface area contributed by atoms with Gasteiger partial charge in [0.2, 0.25) is 0 Å². The maximum Gasteiger partial charge on any atom is 0.271 e. The van der Waals surface area contributed by atoms with Crippen LogP contribution in [0, 0.1) is 5.82 Å². The molecule has 0 saturated heterocycles. The van der Waals surface area contributed by atoms with Crippen LogP contribution in [-0.2, 0) is 10.0 Å². The summed E-state index contributed by atoms with van der Waals surface area (Å²) in [6.07, 6.45) is 0. The molecule has 0 fully saturated rings. The number of aromatic nitrogens is 1. The van der Waals surface area contributed by atoms with Gasteiger partial charge in [-0.25, -0.2) is 12.8 Å². The van der Waals surface area contributed by atoms with E-state index in [-0.39, 0.29) is 10.0 Å². The third kappa shape index (κ3) is 3.40. The van der Waals surface area contributed by atoms with E-state index in [4.69, 9.17) is 0 Å². The number of fused-ring (bicyclic) bond motifs is 1. The van der Waals surface area contributed by atoms with Crippen LogP contribution in [0.15, 0.2) is 68.7 Å². The van der Waals surface area contributed by atoms with Crippen molar-refractivity contribution in [2.45, 2.75) is 4.21 Å². The number of aromatic amines is 1. The third-order valence-electron chi connectivity index (χ3n) is 3.84. The largest absolute Gasteiger partial charge is 0.355 e. The Balaban J connectivity index is 1.60. The van der Waals surface area contributed by atoms with Gasteiger partial charge in [0.15, 0.2) is 0 Å². The smallest absolute Gasteiger partial charge is 0.271 e. The number of thiophene rings is 1. The van der Waals surface area contributed by atoms with Crippen LogP contribution in [0.4, 0.5) is 10.1 Å². The Kier molecular flexibility index (Phi) is 4.34. The number of sulfonamides is 1. The first-order chi connectivity index (χ1) is 12.4. The van der Waals surface area contributed by atoms with Crippen molar-refractivity contribution < 1.29 is 12.8 Å². The van der Waals surface area contributed by atoms with E-state index in [2.05, 4.69) is 25.6 Å². The number of hydrogen-bond donors (Lipinski definition) is 2. The van der Waals surface area contributed by atoms with Crippen molar-refractivity contribution in [3.8, 4) is 11.3 Å². The Labute approximate surface area is 161 Å². The molecule has 0 saturated carbocycles. The summed E-state index contributed by atoms with van der Waals surface area (Å²) < 4.78 is 41.6. The predicted molar refractivity (Wildman–Crippen MR) is 107 cm³/mol. The highest BCUT2D eigenvalue weighted by molar-refractivity contribution is 9.11. The van der Waals surface area contributed by atoms with Gasteiger partial charge in [-0.1, -0.05) is 12.1 Å². The number of H-pyrrole nitrogens is 1. The van der Waals surface area contributed by atoms with Crippen LogP contribution >= 0.6 is 27.3 Å². The van der Waals surface area contributed by atoms with Crippen molar-refractivity contribution in [2.75, 3.05) is 4.72 Å². The molecule has 8 heteroatoms. The number of hydrogen-bond acceptors (Lipinski definition) is 3. The zero-order valence-corrected chi connectivity index (χ0v) is 16.4. The molecule has 132 valence electrons. The minimum atomic E-state index is -3.61. The molecule has 0 bridgehead atoms. The highest BCUT2D eigenvalue weighted by Gasteiger charge is 2.16. The van der Waals surface area contributed by atoms with Gasteiger partial charge in [0, 0.05) is 22.3 Å². The monoisotopic (exact) mass is 450 g/mol. The van der Waals surface area contributed by atoms with E-state index in [1.54, 1.807) is 30.3 Å². The second-order valence-corrected chi connectivity index (χ2v) is 10.0. The topological polar surface area (TPSA) is 62.0 Å². The van der Waals surface area contributed by atoms with Crippen LogP contribution in [0.3, 0.4) is 0 Å². The van der Waals surface area contributed by atoms with Crippen LogP contribution in [0.1, 0.15) is 0 Å². The molecule has 0 aliphatic rings. The van der Waals surface area contributed by atoms with E-state index in [0.717, 1.165) is 37.3 Å². The molecule has 26 heavy (non-hydrogen) atoms. The van der Waals surface area contributed by atoms with Crippen molar-refractivity contribution >= 4 is 53.9 Å². The van der Waals surface area contributed by atoms with E-state index in [0.29, 0.717) is 5.69 Å². The Morgan fingerprint density at radius 2 is 1.77 bits per heavy atom. The molecule has 2 N–H and O–H groups in total. The maximum absolute atomic E-state index is 13.3. The van der Waals surface area contributed by atoms with Crippen molar-refractivity contribution in [3.05, 3.63) is 70.3 Å². The molecule has 0 amide bonds. The van der Waals surface area contributed by atoms with Crippen LogP contribution in [0.2, 0.25) is 0 Å². The molecule has 2 aromatic carbocycles. The van der Waals surface area contributed by atoms with Crippen molar-refractivity contribution in [3.63, 3.8) is 0 Å². The summed E-state index contributed by atoms with van der Waals surface area (Å²) in [6, 6.07) is 16.7. The number of anilines is 1. The Morgan fingerprint density at radius 3 is 2.46 bits per heavy atom. The second-order valence-electron chi connectivity index (χ2n) is 5.66. The average molecular weight is 451 g/mol. The first-order valence-corrected chi connectivity index (χ1v) is 10.7. The summed E-state index contributed by atoms with van der Waals surface area (Å²) in [5.41, 5.74) is 3.03. The summed E-state index contributed by atoms with van der Waals surface area (Å²) in [5, 5.41) is 0.785. The zero-order valence-electron chi connectivity index (χ0n) is 13.2. The van der Waals surface area contributed by atoms with Gasteiger partial charge in [-0.2, -0.15) is 0 Å². The fraction of sp³-hybridized carbons (Fsp3) is 0.